The molecule has 0 bridgehead atoms. The molecular weight excluding hydrogens is 208 g/mol. The van der Waals surface area contributed by atoms with Gasteiger partial charge in [-0.15, -0.1) is 0 Å². The van der Waals surface area contributed by atoms with E-state index in [0.717, 1.165) is 19.6 Å². The summed E-state index contributed by atoms with van der Waals surface area (Å²) in [7, 11) is 2.21. The molecule has 1 fully saturated rings. The first kappa shape index (κ1) is 12.4. The van der Waals surface area contributed by atoms with Gasteiger partial charge in [0, 0.05) is 31.4 Å². The predicted molar refractivity (Wildman–Crippen MR) is 74.8 cm³/mol. The van der Waals surface area contributed by atoms with E-state index < -0.39 is 0 Å². The number of nitrogens with zero attached hydrogens (tertiary/aromatic N) is 2. The third kappa shape index (κ3) is 2.81. The van der Waals surface area contributed by atoms with Gasteiger partial charge in [-0.05, 0) is 37.6 Å². The first-order chi connectivity index (χ1) is 8.08. The number of benzene rings is 1. The first-order valence-electron chi connectivity index (χ1n) is 6.63. The fraction of sp³-hybridized carbons (Fsp3) is 0.600. The van der Waals surface area contributed by atoms with E-state index in [4.69, 9.17) is 0 Å². The quantitative estimate of drug-likeness (QED) is 0.773. The van der Waals surface area contributed by atoms with Crippen molar-refractivity contribution in [2.24, 2.45) is 0 Å². The normalized spacial score (nSPS) is 22.2. The largest absolute Gasteiger partial charge is 0.369 e. The Balaban J connectivity index is 2.07. The van der Waals surface area contributed by atoms with E-state index in [9.17, 15) is 0 Å². The molecular formula is C15H24N2. The smallest absolute Gasteiger partial charge is 0.0367 e. The molecule has 0 N–H and O–H groups in total. The molecule has 1 atom stereocenters. The molecule has 0 aromatic heterocycles. The van der Waals surface area contributed by atoms with Crippen molar-refractivity contribution >= 4 is 5.69 Å². The number of anilines is 1. The standard InChI is InChI=1S/C15H24N2/c1-12(2)14-5-7-15(8-6-14)17-10-9-16(4)13(3)11-17/h5-8,12-13H,9-11H2,1-4H3/t13-/m0/s1. The summed E-state index contributed by atoms with van der Waals surface area (Å²) in [5.74, 6) is 0.621. The van der Waals surface area contributed by atoms with Crippen molar-refractivity contribution in [3.63, 3.8) is 0 Å². The van der Waals surface area contributed by atoms with Crippen LogP contribution in [0.1, 0.15) is 32.3 Å². The molecule has 0 unspecified atom stereocenters. The second-order valence-electron chi connectivity index (χ2n) is 5.52. The Morgan fingerprint density at radius 3 is 2.29 bits per heavy atom. The predicted octanol–water partition coefficient (Wildman–Crippen LogP) is 2.95. The number of likely N-dealkylation sites (N-methyl/N-ethyl adjacent to an activating group) is 1. The molecule has 2 rings (SSSR count). The Labute approximate surface area is 105 Å². The molecule has 2 nitrogen and oxygen atoms in total. The van der Waals surface area contributed by atoms with Crippen LogP contribution < -0.4 is 4.90 Å². The second-order valence-corrected chi connectivity index (χ2v) is 5.52. The van der Waals surface area contributed by atoms with Gasteiger partial charge in [0.25, 0.3) is 0 Å². The molecule has 1 aliphatic rings. The molecule has 0 aliphatic carbocycles. The Bertz CT molecular complexity index is 356. The second kappa shape index (κ2) is 5.09. The topological polar surface area (TPSA) is 6.48 Å². The lowest BCUT2D eigenvalue weighted by Gasteiger charge is -2.39. The molecule has 1 saturated heterocycles. The van der Waals surface area contributed by atoms with Crippen LogP contribution in [0.5, 0.6) is 0 Å². The van der Waals surface area contributed by atoms with Gasteiger partial charge < -0.3 is 9.80 Å². The van der Waals surface area contributed by atoms with Crippen molar-refractivity contribution in [1.29, 1.82) is 0 Å². The lowest BCUT2D eigenvalue weighted by atomic mass is 10.0. The van der Waals surface area contributed by atoms with Gasteiger partial charge in [0.05, 0.1) is 0 Å². The number of hydrogen-bond acceptors (Lipinski definition) is 2. The fourth-order valence-corrected chi connectivity index (χ4v) is 2.35. The first-order valence-corrected chi connectivity index (χ1v) is 6.63. The Morgan fingerprint density at radius 2 is 1.76 bits per heavy atom. The average Bonchev–Trinajstić information content (AvgIpc) is 2.33. The number of rotatable bonds is 2. The van der Waals surface area contributed by atoms with Gasteiger partial charge in [0.2, 0.25) is 0 Å². The SMILES string of the molecule is CC(C)c1ccc(N2CCN(C)[C@@H](C)C2)cc1. The molecule has 0 spiro atoms. The van der Waals surface area contributed by atoms with Gasteiger partial charge in [-0.2, -0.15) is 0 Å². The molecule has 0 radical (unpaired) electrons. The van der Waals surface area contributed by atoms with Crippen LogP contribution in [0.25, 0.3) is 0 Å². The maximum absolute atomic E-state index is 2.49. The van der Waals surface area contributed by atoms with Crippen molar-refractivity contribution in [1.82, 2.24) is 4.90 Å². The zero-order valence-corrected chi connectivity index (χ0v) is 11.5. The third-order valence-electron chi connectivity index (χ3n) is 3.88. The molecule has 17 heavy (non-hydrogen) atoms. The van der Waals surface area contributed by atoms with Crippen molar-refractivity contribution in [2.75, 3.05) is 31.6 Å². The molecule has 1 aliphatic heterocycles. The zero-order valence-electron chi connectivity index (χ0n) is 11.5. The lowest BCUT2D eigenvalue weighted by molar-refractivity contribution is 0.234. The van der Waals surface area contributed by atoms with Crippen LogP contribution in [0.3, 0.4) is 0 Å². The lowest BCUT2D eigenvalue weighted by Crippen LogP contribution is -2.50. The van der Waals surface area contributed by atoms with Crippen LogP contribution >= 0.6 is 0 Å². The summed E-state index contributed by atoms with van der Waals surface area (Å²) in [6.45, 7) is 10.2. The van der Waals surface area contributed by atoms with Crippen molar-refractivity contribution in [2.45, 2.75) is 32.7 Å². The Kier molecular flexibility index (Phi) is 3.72. The maximum Gasteiger partial charge on any atom is 0.0367 e. The zero-order chi connectivity index (χ0) is 12.4. The van der Waals surface area contributed by atoms with Crippen LogP contribution in [0.15, 0.2) is 24.3 Å². The van der Waals surface area contributed by atoms with Gasteiger partial charge in [-0.1, -0.05) is 26.0 Å². The van der Waals surface area contributed by atoms with E-state index >= 15 is 0 Å². The molecule has 94 valence electrons. The van der Waals surface area contributed by atoms with Crippen LogP contribution in [-0.4, -0.2) is 37.6 Å². The highest BCUT2D eigenvalue weighted by Crippen LogP contribution is 2.22. The van der Waals surface area contributed by atoms with Gasteiger partial charge in [-0.25, -0.2) is 0 Å². The summed E-state index contributed by atoms with van der Waals surface area (Å²) in [5, 5.41) is 0. The summed E-state index contributed by atoms with van der Waals surface area (Å²) in [6.07, 6.45) is 0. The Hall–Kier alpha value is -1.02. The van der Waals surface area contributed by atoms with E-state index in [2.05, 4.69) is 61.9 Å². The molecule has 1 heterocycles. The minimum absolute atomic E-state index is 0.621. The minimum Gasteiger partial charge on any atom is -0.369 e. The highest BCUT2D eigenvalue weighted by Gasteiger charge is 2.20. The minimum atomic E-state index is 0.621. The maximum atomic E-state index is 2.49. The van der Waals surface area contributed by atoms with E-state index in [-0.39, 0.29) is 0 Å². The Morgan fingerprint density at radius 1 is 1.12 bits per heavy atom. The molecule has 1 aromatic carbocycles. The van der Waals surface area contributed by atoms with E-state index in [1.807, 2.05) is 0 Å². The van der Waals surface area contributed by atoms with Gasteiger partial charge in [-0.3, -0.25) is 0 Å². The number of hydrogen-bond donors (Lipinski definition) is 0. The highest BCUT2D eigenvalue weighted by atomic mass is 15.3. The van der Waals surface area contributed by atoms with E-state index in [1.54, 1.807) is 0 Å². The monoisotopic (exact) mass is 232 g/mol. The van der Waals surface area contributed by atoms with Gasteiger partial charge in [0.15, 0.2) is 0 Å². The molecule has 0 saturated carbocycles. The van der Waals surface area contributed by atoms with E-state index in [0.29, 0.717) is 12.0 Å². The van der Waals surface area contributed by atoms with Gasteiger partial charge >= 0.3 is 0 Å². The summed E-state index contributed by atoms with van der Waals surface area (Å²) in [6, 6.07) is 9.72. The van der Waals surface area contributed by atoms with Crippen LogP contribution in [0.4, 0.5) is 5.69 Å². The van der Waals surface area contributed by atoms with Crippen molar-refractivity contribution < 1.29 is 0 Å². The van der Waals surface area contributed by atoms with Crippen LogP contribution in [0, 0.1) is 0 Å². The highest BCUT2D eigenvalue weighted by molar-refractivity contribution is 5.48. The average molecular weight is 232 g/mol. The molecule has 1 aromatic rings. The van der Waals surface area contributed by atoms with Gasteiger partial charge in [0.1, 0.15) is 0 Å². The third-order valence-corrected chi connectivity index (χ3v) is 3.88. The summed E-state index contributed by atoms with van der Waals surface area (Å²) in [4.78, 5) is 4.92. The summed E-state index contributed by atoms with van der Waals surface area (Å²) in [5.41, 5.74) is 2.80. The fourth-order valence-electron chi connectivity index (χ4n) is 2.35. The van der Waals surface area contributed by atoms with Crippen LogP contribution in [-0.2, 0) is 0 Å². The summed E-state index contributed by atoms with van der Waals surface area (Å²) >= 11 is 0. The van der Waals surface area contributed by atoms with Crippen molar-refractivity contribution in [3.8, 4) is 0 Å². The number of piperazine rings is 1. The van der Waals surface area contributed by atoms with Crippen molar-refractivity contribution in [3.05, 3.63) is 29.8 Å². The summed E-state index contributed by atoms with van der Waals surface area (Å²) < 4.78 is 0. The molecule has 2 heteroatoms. The van der Waals surface area contributed by atoms with E-state index in [1.165, 1.54) is 11.3 Å². The molecule has 0 amide bonds. The van der Waals surface area contributed by atoms with Crippen LogP contribution in [0.2, 0.25) is 0 Å².